The summed E-state index contributed by atoms with van der Waals surface area (Å²) in [5.41, 5.74) is 0.844. The maximum absolute atomic E-state index is 11.2. The topological polar surface area (TPSA) is 102 Å². The predicted octanol–water partition coefficient (Wildman–Crippen LogP) is 3.05. The number of ether oxygens (including phenoxy) is 2. The minimum absolute atomic E-state index is 0.0741. The molecule has 0 spiro atoms. The maximum Gasteiger partial charge on any atom is 0.412 e. The molecule has 0 atom stereocenters. The van der Waals surface area contributed by atoms with E-state index in [1.807, 2.05) is 26.0 Å². The molecule has 0 radical (unpaired) electrons. The lowest BCUT2D eigenvalue weighted by atomic mass is 10.0. The molecule has 1 amide bonds. The van der Waals surface area contributed by atoms with Crippen LogP contribution in [0.5, 0.6) is 11.5 Å². The highest BCUT2D eigenvalue weighted by atomic mass is 32.2. The Labute approximate surface area is 152 Å². The van der Waals surface area contributed by atoms with Crippen LogP contribution in [0.1, 0.15) is 19.4 Å². The molecule has 2 N–H and O–H groups in total. The van der Waals surface area contributed by atoms with E-state index in [2.05, 4.69) is 5.32 Å². The van der Waals surface area contributed by atoms with Gasteiger partial charge in [0.05, 0.1) is 4.90 Å². The number of carbonyl (C=O) groups is 1. The lowest BCUT2D eigenvalue weighted by Crippen LogP contribution is -2.25. The largest absolute Gasteiger partial charge is 0.483 e. The Hall–Kier alpha value is -2.58. The van der Waals surface area contributed by atoms with Crippen LogP contribution in [0.2, 0.25) is 0 Å². The molecule has 0 aromatic heterocycles. The Kier molecular flexibility index (Phi) is 5.89. The quantitative estimate of drug-likeness (QED) is 0.778. The van der Waals surface area contributed by atoms with Crippen molar-refractivity contribution >= 4 is 16.2 Å². The highest BCUT2D eigenvalue weighted by Crippen LogP contribution is 2.41. The lowest BCUT2D eigenvalue weighted by molar-refractivity contribution is 0.133. The molecule has 1 aliphatic heterocycles. The number of nitrogens with one attached hydrogen (secondary N) is 1. The van der Waals surface area contributed by atoms with Crippen LogP contribution in [0.3, 0.4) is 0 Å². The number of benzene rings is 2. The van der Waals surface area contributed by atoms with Crippen molar-refractivity contribution in [2.45, 2.75) is 30.8 Å². The van der Waals surface area contributed by atoms with Crippen LogP contribution >= 0.6 is 0 Å². The van der Waals surface area contributed by atoms with Crippen molar-refractivity contribution < 1.29 is 27.2 Å². The zero-order valence-electron chi connectivity index (χ0n) is 14.7. The molecule has 2 aromatic carbocycles. The molecular weight excluding hydrogens is 358 g/mol. The molecule has 7 nitrogen and oxygen atoms in total. The summed E-state index contributed by atoms with van der Waals surface area (Å²) < 4.78 is 40.1. The molecule has 0 unspecified atom stereocenters. The van der Waals surface area contributed by atoms with Crippen LogP contribution in [0.15, 0.2) is 53.4 Å². The summed E-state index contributed by atoms with van der Waals surface area (Å²) in [5.74, 6) is 1.15. The third-order valence-corrected chi connectivity index (χ3v) is 4.37. The zero-order chi connectivity index (χ0) is 19.4. The average Bonchev–Trinajstić information content (AvgIpc) is 2.90. The van der Waals surface area contributed by atoms with Gasteiger partial charge in [-0.05, 0) is 32.0 Å². The smallest absolute Gasteiger partial charge is 0.412 e. The molecule has 0 saturated heterocycles. The summed E-state index contributed by atoms with van der Waals surface area (Å²) in [5, 5.41) is 2.41. The first-order valence-electron chi connectivity index (χ1n) is 7.85. The summed E-state index contributed by atoms with van der Waals surface area (Å²) >= 11 is 0. The summed E-state index contributed by atoms with van der Waals surface area (Å²) in [4.78, 5) is 11.1. The van der Waals surface area contributed by atoms with E-state index in [9.17, 15) is 13.2 Å². The van der Waals surface area contributed by atoms with Gasteiger partial charge in [-0.3, -0.25) is 4.55 Å². The van der Waals surface area contributed by atoms with Crippen molar-refractivity contribution in [3.05, 3.63) is 54.1 Å². The second kappa shape index (κ2) is 7.76. The van der Waals surface area contributed by atoms with Crippen molar-refractivity contribution in [2.24, 2.45) is 0 Å². The molecule has 1 aliphatic rings. The Balaban J connectivity index is 0.000000209. The Bertz CT molecular complexity index is 878. The molecule has 2 aromatic rings. The van der Waals surface area contributed by atoms with Gasteiger partial charge in [-0.15, -0.1) is 0 Å². The third-order valence-electron chi connectivity index (χ3n) is 3.50. The number of hydrogen-bond donors (Lipinski definition) is 2. The van der Waals surface area contributed by atoms with Crippen LogP contribution in [-0.2, 0) is 16.5 Å². The Morgan fingerprint density at radius 1 is 1.15 bits per heavy atom. The monoisotopic (exact) mass is 379 g/mol. The van der Waals surface area contributed by atoms with Gasteiger partial charge in [-0.1, -0.05) is 30.3 Å². The van der Waals surface area contributed by atoms with Gasteiger partial charge in [-0.2, -0.15) is 8.42 Å². The van der Waals surface area contributed by atoms with Crippen LogP contribution in [-0.4, -0.2) is 31.7 Å². The van der Waals surface area contributed by atoms with Gasteiger partial charge in [0.2, 0.25) is 0 Å². The van der Waals surface area contributed by atoms with Crippen LogP contribution in [0.4, 0.5) is 4.79 Å². The van der Waals surface area contributed by atoms with Crippen molar-refractivity contribution in [1.29, 1.82) is 0 Å². The molecular formula is C18H21NO6S. The van der Waals surface area contributed by atoms with Gasteiger partial charge in [0.1, 0.15) is 5.60 Å². The summed E-state index contributed by atoms with van der Waals surface area (Å²) in [6.07, 6.45) is 0.342. The SMILES string of the molecule is CNC(=O)Oc1cccc2c1OC(C)(C)C2.O=S(=O)(O)c1ccccc1. The third kappa shape index (κ3) is 5.21. The van der Waals surface area contributed by atoms with Crippen molar-refractivity contribution in [3.8, 4) is 11.5 Å². The van der Waals surface area contributed by atoms with E-state index >= 15 is 0 Å². The van der Waals surface area contributed by atoms with Crippen LogP contribution < -0.4 is 14.8 Å². The molecule has 0 saturated carbocycles. The molecule has 3 rings (SSSR count). The fourth-order valence-corrected chi connectivity index (χ4v) is 2.91. The summed E-state index contributed by atoms with van der Waals surface area (Å²) in [6, 6.07) is 13.0. The number of hydrogen-bond acceptors (Lipinski definition) is 5. The number of fused-ring (bicyclic) bond motifs is 1. The van der Waals surface area contributed by atoms with E-state index < -0.39 is 16.2 Å². The minimum Gasteiger partial charge on any atom is -0.483 e. The van der Waals surface area contributed by atoms with Crippen molar-refractivity contribution in [3.63, 3.8) is 0 Å². The van der Waals surface area contributed by atoms with Gasteiger partial charge >= 0.3 is 6.09 Å². The average molecular weight is 379 g/mol. The molecule has 140 valence electrons. The first kappa shape index (κ1) is 19.7. The van der Waals surface area contributed by atoms with E-state index in [1.165, 1.54) is 19.2 Å². The van der Waals surface area contributed by atoms with Crippen molar-refractivity contribution in [1.82, 2.24) is 5.32 Å². The fourth-order valence-electron chi connectivity index (χ4n) is 2.41. The maximum atomic E-state index is 11.2. The molecule has 26 heavy (non-hydrogen) atoms. The molecule has 1 heterocycles. The van der Waals surface area contributed by atoms with E-state index in [-0.39, 0.29) is 10.5 Å². The molecule has 0 fully saturated rings. The number of amides is 1. The number of carbonyl (C=O) groups excluding carboxylic acids is 1. The van der Waals surface area contributed by atoms with E-state index in [1.54, 1.807) is 24.3 Å². The van der Waals surface area contributed by atoms with Crippen molar-refractivity contribution in [2.75, 3.05) is 7.05 Å². The second-order valence-electron chi connectivity index (χ2n) is 6.21. The normalized spacial score (nSPS) is 14.3. The zero-order valence-corrected chi connectivity index (χ0v) is 15.5. The highest BCUT2D eigenvalue weighted by Gasteiger charge is 2.32. The van der Waals surface area contributed by atoms with E-state index in [0.29, 0.717) is 11.5 Å². The van der Waals surface area contributed by atoms with Gasteiger partial charge in [0, 0.05) is 19.0 Å². The number of rotatable bonds is 2. The van der Waals surface area contributed by atoms with E-state index in [0.717, 1.165) is 12.0 Å². The highest BCUT2D eigenvalue weighted by molar-refractivity contribution is 7.85. The standard InChI is InChI=1S/C12H15NO3.C6H6O3S/c1-12(2)7-8-5-4-6-9(10(8)16-12)15-11(14)13-3;7-10(8,9)6-4-2-1-3-5-6/h4-6H,7H2,1-3H3,(H,13,14);1-5H,(H,7,8,9). The molecule has 0 bridgehead atoms. The van der Waals surface area contributed by atoms with Gasteiger partial charge in [-0.25, -0.2) is 4.79 Å². The fraction of sp³-hybridized carbons (Fsp3) is 0.278. The Morgan fingerprint density at radius 3 is 2.35 bits per heavy atom. The predicted molar refractivity (Wildman–Crippen MR) is 96.2 cm³/mol. The lowest BCUT2D eigenvalue weighted by Gasteiger charge is -2.17. The summed E-state index contributed by atoms with van der Waals surface area (Å²) in [7, 11) is -2.48. The van der Waals surface area contributed by atoms with Crippen LogP contribution in [0.25, 0.3) is 0 Å². The number of para-hydroxylation sites is 1. The second-order valence-corrected chi connectivity index (χ2v) is 7.63. The van der Waals surface area contributed by atoms with Crippen LogP contribution in [0, 0.1) is 0 Å². The summed E-state index contributed by atoms with van der Waals surface area (Å²) in [6.45, 7) is 4.02. The van der Waals surface area contributed by atoms with Gasteiger partial charge in [0.25, 0.3) is 10.1 Å². The molecule has 8 heteroatoms. The van der Waals surface area contributed by atoms with Gasteiger partial charge < -0.3 is 14.8 Å². The first-order valence-corrected chi connectivity index (χ1v) is 9.29. The van der Waals surface area contributed by atoms with Gasteiger partial charge in [0.15, 0.2) is 11.5 Å². The van der Waals surface area contributed by atoms with E-state index in [4.69, 9.17) is 14.0 Å². The Morgan fingerprint density at radius 2 is 1.81 bits per heavy atom. The first-order chi connectivity index (χ1) is 12.1. The molecule has 0 aliphatic carbocycles. The minimum atomic E-state index is -4.00.